The molecule has 1 amide bonds. The summed E-state index contributed by atoms with van der Waals surface area (Å²) in [5, 5.41) is 8.48. The van der Waals surface area contributed by atoms with E-state index in [0.29, 0.717) is 5.75 Å². The van der Waals surface area contributed by atoms with E-state index in [-0.39, 0.29) is 18.4 Å². The average Bonchev–Trinajstić information content (AvgIpc) is 3.19. The topological polar surface area (TPSA) is 66.8 Å². The number of ether oxygens (including phenoxy) is 1. The number of carboxylic acids is 1. The Morgan fingerprint density at radius 3 is 2.44 bits per heavy atom. The molecule has 18 heavy (non-hydrogen) atoms. The highest BCUT2D eigenvalue weighted by molar-refractivity contribution is 5.95. The van der Waals surface area contributed by atoms with Crippen LogP contribution in [0, 0.1) is 5.92 Å². The van der Waals surface area contributed by atoms with Gasteiger partial charge in [0.05, 0.1) is 0 Å². The van der Waals surface area contributed by atoms with E-state index < -0.39 is 5.97 Å². The first kappa shape index (κ1) is 12.4. The van der Waals surface area contributed by atoms with Gasteiger partial charge in [-0.05, 0) is 37.1 Å². The SMILES string of the molecule is CN(C(=O)C1CC1)c1ccc(OCC(=O)O)cc1. The molecule has 5 nitrogen and oxygen atoms in total. The van der Waals surface area contributed by atoms with E-state index in [1.54, 1.807) is 36.2 Å². The number of carbonyl (C=O) groups is 2. The molecule has 1 N–H and O–H groups in total. The minimum absolute atomic E-state index is 0.134. The highest BCUT2D eigenvalue weighted by Crippen LogP contribution is 2.32. The largest absolute Gasteiger partial charge is 0.482 e. The lowest BCUT2D eigenvalue weighted by molar-refractivity contribution is -0.139. The second-order valence-electron chi connectivity index (χ2n) is 4.35. The second kappa shape index (κ2) is 5.08. The lowest BCUT2D eigenvalue weighted by atomic mass is 10.2. The Hall–Kier alpha value is -2.04. The van der Waals surface area contributed by atoms with Crippen molar-refractivity contribution in [2.75, 3.05) is 18.6 Å². The van der Waals surface area contributed by atoms with Crippen LogP contribution in [0.1, 0.15) is 12.8 Å². The van der Waals surface area contributed by atoms with Crippen molar-refractivity contribution in [3.8, 4) is 5.75 Å². The summed E-state index contributed by atoms with van der Waals surface area (Å²) in [6, 6.07) is 6.82. The van der Waals surface area contributed by atoms with E-state index >= 15 is 0 Å². The van der Waals surface area contributed by atoms with Crippen LogP contribution in [-0.4, -0.2) is 30.6 Å². The molecule has 1 aliphatic rings. The lowest BCUT2D eigenvalue weighted by Crippen LogP contribution is -2.27. The van der Waals surface area contributed by atoms with Crippen molar-refractivity contribution in [3.05, 3.63) is 24.3 Å². The van der Waals surface area contributed by atoms with Crippen LogP contribution < -0.4 is 9.64 Å². The van der Waals surface area contributed by atoms with Crippen molar-refractivity contribution in [2.45, 2.75) is 12.8 Å². The quantitative estimate of drug-likeness (QED) is 0.859. The molecule has 0 radical (unpaired) electrons. The fourth-order valence-electron chi connectivity index (χ4n) is 1.64. The number of carbonyl (C=O) groups excluding carboxylic acids is 1. The van der Waals surface area contributed by atoms with Crippen LogP contribution >= 0.6 is 0 Å². The molecule has 5 heteroatoms. The summed E-state index contributed by atoms with van der Waals surface area (Å²) >= 11 is 0. The first-order valence-electron chi connectivity index (χ1n) is 5.80. The zero-order valence-electron chi connectivity index (χ0n) is 10.1. The van der Waals surface area contributed by atoms with Crippen LogP contribution in [0.15, 0.2) is 24.3 Å². The third-order valence-electron chi connectivity index (χ3n) is 2.84. The molecule has 96 valence electrons. The molecule has 0 atom stereocenters. The maximum atomic E-state index is 11.8. The van der Waals surface area contributed by atoms with Crippen molar-refractivity contribution >= 4 is 17.6 Å². The maximum absolute atomic E-state index is 11.8. The molecule has 1 aromatic rings. The van der Waals surface area contributed by atoms with Gasteiger partial charge in [0.15, 0.2) is 6.61 Å². The number of hydrogen-bond acceptors (Lipinski definition) is 3. The number of benzene rings is 1. The number of carboxylic acid groups (broad SMARTS) is 1. The molecule has 0 bridgehead atoms. The van der Waals surface area contributed by atoms with E-state index in [2.05, 4.69) is 0 Å². The Morgan fingerprint density at radius 1 is 1.33 bits per heavy atom. The Kier molecular flexibility index (Phi) is 3.50. The van der Waals surface area contributed by atoms with Crippen molar-refractivity contribution in [1.82, 2.24) is 0 Å². The fourth-order valence-corrected chi connectivity index (χ4v) is 1.64. The summed E-state index contributed by atoms with van der Waals surface area (Å²) in [7, 11) is 1.74. The fraction of sp³-hybridized carbons (Fsp3) is 0.385. The average molecular weight is 249 g/mol. The zero-order chi connectivity index (χ0) is 13.1. The molecule has 0 aliphatic heterocycles. The Morgan fingerprint density at radius 2 is 1.94 bits per heavy atom. The van der Waals surface area contributed by atoms with Crippen molar-refractivity contribution in [1.29, 1.82) is 0 Å². The van der Waals surface area contributed by atoms with Gasteiger partial charge in [0, 0.05) is 18.7 Å². The van der Waals surface area contributed by atoms with Crippen LogP contribution in [0.3, 0.4) is 0 Å². The molecular formula is C13H15NO4. The summed E-state index contributed by atoms with van der Waals surface area (Å²) in [5.74, 6) is -0.222. The standard InChI is InChI=1S/C13H15NO4/c1-14(13(17)9-2-3-9)10-4-6-11(7-5-10)18-8-12(15)16/h4-7,9H,2-3,8H2,1H3,(H,15,16). The normalized spacial score (nSPS) is 14.1. The number of rotatable bonds is 5. The molecule has 0 spiro atoms. The summed E-state index contributed by atoms with van der Waals surface area (Å²) in [6.07, 6.45) is 1.95. The summed E-state index contributed by atoms with van der Waals surface area (Å²) < 4.78 is 5.02. The van der Waals surface area contributed by atoms with Gasteiger partial charge in [0.25, 0.3) is 0 Å². The van der Waals surface area contributed by atoms with Gasteiger partial charge in [-0.1, -0.05) is 0 Å². The molecular weight excluding hydrogens is 234 g/mol. The molecule has 0 heterocycles. The summed E-state index contributed by atoms with van der Waals surface area (Å²) in [5.41, 5.74) is 0.787. The molecule has 1 fully saturated rings. The summed E-state index contributed by atoms with van der Waals surface area (Å²) in [4.78, 5) is 23.8. The predicted molar refractivity (Wildman–Crippen MR) is 65.7 cm³/mol. The van der Waals surface area contributed by atoms with Crippen molar-refractivity contribution in [3.63, 3.8) is 0 Å². The first-order chi connectivity index (χ1) is 8.58. The predicted octanol–water partition coefficient (Wildman–Crippen LogP) is 1.52. The van der Waals surface area contributed by atoms with Gasteiger partial charge in [-0.2, -0.15) is 0 Å². The van der Waals surface area contributed by atoms with Crippen LogP contribution in [0.4, 0.5) is 5.69 Å². The number of hydrogen-bond donors (Lipinski definition) is 1. The number of nitrogens with zero attached hydrogens (tertiary/aromatic N) is 1. The van der Waals surface area contributed by atoms with Gasteiger partial charge in [-0.25, -0.2) is 4.79 Å². The van der Waals surface area contributed by atoms with Crippen LogP contribution in [0.2, 0.25) is 0 Å². The smallest absolute Gasteiger partial charge is 0.341 e. The third-order valence-corrected chi connectivity index (χ3v) is 2.84. The molecule has 0 unspecified atom stereocenters. The highest BCUT2D eigenvalue weighted by atomic mass is 16.5. The second-order valence-corrected chi connectivity index (χ2v) is 4.35. The van der Waals surface area contributed by atoms with Gasteiger partial charge in [0.2, 0.25) is 5.91 Å². The molecule has 1 aromatic carbocycles. The Labute approximate surface area is 105 Å². The van der Waals surface area contributed by atoms with Crippen LogP contribution in [0.5, 0.6) is 5.75 Å². The highest BCUT2D eigenvalue weighted by Gasteiger charge is 2.32. The van der Waals surface area contributed by atoms with E-state index in [4.69, 9.17) is 9.84 Å². The minimum atomic E-state index is -1.01. The van der Waals surface area contributed by atoms with E-state index in [1.165, 1.54) is 0 Å². The third kappa shape index (κ3) is 3.00. The zero-order valence-corrected chi connectivity index (χ0v) is 10.1. The summed E-state index contributed by atoms with van der Waals surface area (Å²) in [6.45, 7) is -0.365. The minimum Gasteiger partial charge on any atom is -0.482 e. The molecule has 1 aliphatic carbocycles. The van der Waals surface area contributed by atoms with Crippen molar-refractivity contribution < 1.29 is 19.4 Å². The van der Waals surface area contributed by atoms with Gasteiger partial charge in [0.1, 0.15) is 5.75 Å². The lowest BCUT2D eigenvalue weighted by Gasteiger charge is -2.17. The van der Waals surface area contributed by atoms with E-state index in [9.17, 15) is 9.59 Å². The Balaban J connectivity index is 1.97. The van der Waals surface area contributed by atoms with E-state index in [0.717, 1.165) is 18.5 Å². The molecule has 2 rings (SSSR count). The van der Waals surface area contributed by atoms with Gasteiger partial charge < -0.3 is 14.7 Å². The van der Waals surface area contributed by atoms with Crippen LogP contribution in [-0.2, 0) is 9.59 Å². The van der Waals surface area contributed by atoms with E-state index in [1.807, 2.05) is 0 Å². The Bertz CT molecular complexity index is 451. The number of amides is 1. The first-order valence-corrected chi connectivity index (χ1v) is 5.80. The monoisotopic (exact) mass is 249 g/mol. The number of aliphatic carboxylic acids is 1. The van der Waals surface area contributed by atoms with Gasteiger partial charge in [-0.3, -0.25) is 4.79 Å². The molecule has 1 saturated carbocycles. The number of anilines is 1. The molecule has 0 saturated heterocycles. The van der Waals surface area contributed by atoms with Gasteiger partial charge in [-0.15, -0.1) is 0 Å². The molecule has 0 aromatic heterocycles. The van der Waals surface area contributed by atoms with Gasteiger partial charge >= 0.3 is 5.97 Å². The van der Waals surface area contributed by atoms with Crippen LogP contribution in [0.25, 0.3) is 0 Å². The maximum Gasteiger partial charge on any atom is 0.341 e. The van der Waals surface area contributed by atoms with Crippen molar-refractivity contribution in [2.24, 2.45) is 5.92 Å².